The van der Waals surface area contributed by atoms with E-state index in [1.807, 2.05) is 4.90 Å². The van der Waals surface area contributed by atoms with Gasteiger partial charge in [-0.15, -0.1) is 0 Å². The normalized spacial score (nSPS) is 21.2. The lowest BCUT2D eigenvalue weighted by atomic mass is 10.2. The number of nitrogens with zero attached hydrogens (tertiary/aromatic N) is 3. The summed E-state index contributed by atoms with van der Waals surface area (Å²) in [5.74, 6) is -0.402. The highest BCUT2D eigenvalue weighted by Gasteiger charge is 2.32. The van der Waals surface area contributed by atoms with Gasteiger partial charge in [0.05, 0.1) is 24.5 Å². The second kappa shape index (κ2) is 6.64. The minimum Gasteiger partial charge on any atom is -0.441 e. The van der Waals surface area contributed by atoms with E-state index in [0.29, 0.717) is 37.6 Å². The zero-order valence-corrected chi connectivity index (χ0v) is 13.4. The maximum atomic E-state index is 14.5. The molecule has 2 amide bonds. The number of rotatable bonds is 3. The third kappa shape index (κ3) is 3.14. The van der Waals surface area contributed by atoms with Gasteiger partial charge in [0.25, 0.3) is 0 Å². The number of amides is 2. The molecule has 3 rings (SSSR count). The van der Waals surface area contributed by atoms with Crippen molar-refractivity contribution in [2.24, 2.45) is 0 Å². The fraction of sp³-hybridized carbons (Fsp3) is 0.500. The molecule has 24 heavy (non-hydrogen) atoms. The van der Waals surface area contributed by atoms with Crippen LogP contribution < -0.4 is 9.80 Å². The van der Waals surface area contributed by atoms with Gasteiger partial charge in [0.1, 0.15) is 11.9 Å². The third-order valence-electron chi connectivity index (χ3n) is 4.39. The molecular formula is C16H20FN3O4. The first-order valence-electron chi connectivity index (χ1n) is 7.88. The molecule has 0 unspecified atom stereocenters. The minimum atomic E-state index is -0.587. The van der Waals surface area contributed by atoms with Gasteiger partial charge in [-0.1, -0.05) is 0 Å². The van der Waals surface area contributed by atoms with Crippen LogP contribution in [0.3, 0.4) is 0 Å². The number of halogens is 1. The molecule has 1 aromatic rings. The first kappa shape index (κ1) is 16.5. The third-order valence-corrected chi connectivity index (χ3v) is 4.39. The quantitative estimate of drug-likeness (QED) is 0.884. The largest absolute Gasteiger partial charge is 0.441 e. The number of carbonyl (C=O) groups excluding carboxylic acids is 2. The Morgan fingerprint density at radius 2 is 2.04 bits per heavy atom. The molecule has 0 spiro atoms. The average molecular weight is 337 g/mol. The molecule has 0 bridgehead atoms. The maximum absolute atomic E-state index is 14.5. The first-order chi connectivity index (χ1) is 11.5. The standard InChI is InChI=1S/C16H20FN3O4/c1-11(22)18-4-6-19(7-5-18)15-3-2-12(8-14(15)17)20-9-13(10-21)24-16(20)23/h2-3,8,13,21H,4-7,9-10H2,1H3/t13-/m1/s1. The first-order valence-corrected chi connectivity index (χ1v) is 7.88. The Morgan fingerprint density at radius 3 is 2.58 bits per heavy atom. The SMILES string of the molecule is CC(=O)N1CCN(c2ccc(N3C[C@H](CO)OC3=O)cc2F)CC1. The van der Waals surface area contributed by atoms with Gasteiger partial charge in [-0.3, -0.25) is 9.69 Å². The fourth-order valence-electron chi connectivity index (χ4n) is 3.01. The Kier molecular flexibility index (Phi) is 4.57. The van der Waals surface area contributed by atoms with E-state index in [9.17, 15) is 14.0 Å². The molecule has 1 atom stereocenters. The molecule has 7 nitrogen and oxygen atoms in total. The summed E-state index contributed by atoms with van der Waals surface area (Å²) in [7, 11) is 0. The van der Waals surface area contributed by atoms with Gasteiger partial charge in [-0.05, 0) is 18.2 Å². The van der Waals surface area contributed by atoms with Crippen molar-refractivity contribution in [2.75, 3.05) is 49.1 Å². The molecule has 2 heterocycles. The van der Waals surface area contributed by atoms with E-state index in [1.54, 1.807) is 17.0 Å². The number of aliphatic hydroxyl groups excluding tert-OH is 1. The monoisotopic (exact) mass is 337 g/mol. The summed E-state index contributed by atoms with van der Waals surface area (Å²) in [6, 6.07) is 4.60. The van der Waals surface area contributed by atoms with Gasteiger partial charge < -0.3 is 19.6 Å². The number of cyclic esters (lactones) is 1. The average Bonchev–Trinajstić information content (AvgIpc) is 2.96. The van der Waals surface area contributed by atoms with Gasteiger partial charge in [0.15, 0.2) is 0 Å². The second-order valence-corrected chi connectivity index (χ2v) is 5.93. The number of hydrogen-bond acceptors (Lipinski definition) is 5. The topological polar surface area (TPSA) is 73.3 Å². The van der Waals surface area contributed by atoms with Crippen LogP contribution >= 0.6 is 0 Å². The predicted octanol–water partition coefficient (Wildman–Crippen LogP) is 0.812. The zero-order valence-electron chi connectivity index (χ0n) is 13.4. The van der Waals surface area contributed by atoms with Crippen molar-refractivity contribution < 1.29 is 23.8 Å². The van der Waals surface area contributed by atoms with E-state index in [0.717, 1.165) is 0 Å². The Balaban J connectivity index is 1.72. The summed E-state index contributed by atoms with van der Waals surface area (Å²) in [6.07, 6.45) is -1.17. The maximum Gasteiger partial charge on any atom is 0.414 e. The van der Waals surface area contributed by atoms with E-state index >= 15 is 0 Å². The number of hydrogen-bond donors (Lipinski definition) is 1. The molecule has 0 radical (unpaired) electrons. The van der Waals surface area contributed by atoms with Crippen molar-refractivity contribution in [1.29, 1.82) is 0 Å². The summed E-state index contributed by atoms with van der Waals surface area (Å²) >= 11 is 0. The van der Waals surface area contributed by atoms with Crippen LogP contribution in [-0.2, 0) is 9.53 Å². The molecule has 0 aromatic heterocycles. The lowest BCUT2D eigenvalue weighted by Crippen LogP contribution is -2.48. The highest BCUT2D eigenvalue weighted by molar-refractivity contribution is 5.90. The number of piperazine rings is 1. The summed E-state index contributed by atoms with van der Waals surface area (Å²) in [6.45, 7) is 3.72. The molecule has 2 aliphatic rings. The molecule has 130 valence electrons. The van der Waals surface area contributed by atoms with Crippen LogP contribution in [0.25, 0.3) is 0 Å². The van der Waals surface area contributed by atoms with Gasteiger partial charge in [-0.2, -0.15) is 0 Å². The van der Waals surface area contributed by atoms with Crippen LogP contribution in [0.4, 0.5) is 20.6 Å². The number of carbonyl (C=O) groups is 2. The van der Waals surface area contributed by atoms with Crippen molar-refractivity contribution in [1.82, 2.24) is 4.90 Å². The fourth-order valence-corrected chi connectivity index (χ4v) is 3.01. The molecule has 2 fully saturated rings. The van der Waals surface area contributed by atoms with Gasteiger partial charge in [0, 0.05) is 33.1 Å². The lowest BCUT2D eigenvalue weighted by molar-refractivity contribution is -0.129. The summed E-state index contributed by atoms with van der Waals surface area (Å²) in [5, 5.41) is 9.07. The van der Waals surface area contributed by atoms with Crippen molar-refractivity contribution in [3.8, 4) is 0 Å². The van der Waals surface area contributed by atoms with Crippen LogP contribution in [0.1, 0.15) is 6.92 Å². The van der Waals surface area contributed by atoms with E-state index in [2.05, 4.69) is 0 Å². The van der Waals surface area contributed by atoms with E-state index in [-0.39, 0.29) is 19.1 Å². The number of aliphatic hydroxyl groups is 1. The van der Waals surface area contributed by atoms with E-state index in [4.69, 9.17) is 9.84 Å². The minimum absolute atomic E-state index is 0.0245. The molecule has 8 heteroatoms. The van der Waals surface area contributed by atoms with Crippen molar-refractivity contribution >= 4 is 23.4 Å². The Labute approximate surface area is 139 Å². The lowest BCUT2D eigenvalue weighted by Gasteiger charge is -2.35. The molecule has 1 aromatic carbocycles. The summed E-state index contributed by atoms with van der Waals surface area (Å²) < 4.78 is 19.5. The van der Waals surface area contributed by atoms with Crippen LogP contribution in [0.2, 0.25) is 0 Å². The van der Waals surface area contributed by atoms with Crippen molar-refractivity contribution in [3.05, 3.63) is 24.0 Å². The molecule has 1 N–H and O–H groups in total. The Hall–Kier alpha value is -2.35. The van der Waals surface area contributed by atoms with E-state index in [1.165, 1.54) is 17.9 Å². The smallest absolute Gasteiger partial charge is 0.414 e. The molecular weight excluding hydrogens is 317 g/mol. The highest BCUT2D eigenvalue weighted by Crippen LogP contribution is 2.28. The molecule has 2 saturated heterocycles. The highest BCUT2D eigenvalue weighted by atomic mass is 19.1. The molecule has 0 aliphatic carbocycles. The van der Waals surface area contributed by atoms with Crippen LogP contribution in [0.15, 0.2) is 18.2 Å². The van der Waals surface area contributed by atoms with Gasteiger partial charge in [-0.25, -0.2) is 9.18 Å². The zero-order chi connectivity index (χ0) is 17.3. The Morgan fingerprint density at radius 1 is 1.33 bits per heavy atom. The predicted molar refractivity (Wildman–Crippen MR) is 85.6 cm³/mol. The summed E-state index contributed by atoms with van der Waals surface area (Å²) in [4.78, 5) is 28.0. The number of benzene rings is 1. The second-order valence-electron chi connectivity index (χ2n) is 5.93. The number of anilines is 2. The molecule has 2 aliphatic heterocycles. The van der Waals surface area contributed by atoms with Crippen LogP contribution in [0.5, 0.6) is 0 Å². The van der Waals surface area contributed by atoms with Gasteiger partial charge >= 0.3 is 6.09 Å². The number of ether oxygens (including phenoxy) is 1. The summed E-state index contributed by atoms with van der Waals surface area (Å²) in [5.41, 5.74) is 0.854. The van der Waals surface area contributed by atoms with Crippen LogP contribution in [-0.4, -0.2) is 67.4 Å². The Bertz CT molecular complexity index is 646. The van der Waals surface area contributed by atoms with Crippen LogP contribution in [0, 0.1) is 5.82 Å². The van der Waals surface area contributed by atoms with Gasteiger partial charge in [0.2, 0.25) is 5.91 Å². The van der Waals surface area contributed by atoms with Crippen molar-refractivity contribution in [2.45, 2.75) is 13.0 Å². The molecule has 0 saturated carbocycles. The van der Waals surface area contributed by atoms with E-state index < -0.39 is 18.0 Å². The van der Waals surface area contributed by atoms with Crippen molar-refractivity contribution in [3.63, 3.8) is 0 Å².